The van der Waals surface area contributed by atoms with Gasteiger partial charge in [0.25, 0.3) is 5.91 Å². The summed E-state index contributed by atoms with van der Waals surface area (Å²) in [6.45, 7) is 4.06. The lowest BCUT2D eigenvalue weighted by molar-refractivity contribution is 0.0728. The number of carbonyl (C=O) groups excluding carboxylic acids is 1. The van der Waals surface area contributed by atoms with Gasteiger partial charge in [0.15, 0.2) is 0 Å². The van der Waals surface area contributed by atoms with Crippen molar-refractivity contribution in [3.05, 3.63) is 59.4 Å². The predicted molar refractivity (Wildman–Crippen MR) is 102 cm³/mol. The molecular weight excluding hydrogens is 334 g/mol. The second-order valence-corrected chi connectivity index (χ2v) is 6.53. The first-order valence-corrected chi connectivity index (χ1v) is 8.69. The van der Waals surface area contributed by atoms with Gasteiger partial charge in [0, 0.05) is 29.1 Å². The van der Waals surface area contributed by atoms with E-state index in [0.717, 1.165) is 28.6 Å². The molecule has 4 nitrogen and oxygen atoms in total. The highest BCUT2D eigenvalue weighted by Gasteiger charge is 2.21. The third-order valence-corrected chi connectivity index (χ3v) is 4.74. The Bertz CT molecular complexity index is 908. The zero-order valence-electron chi connectivity index (χ0n) is 14.5. The molecule has 0 fully saturated rings. The molecule has 3 rings (SSSR count). The number of benzene rings is 2. The van der Waals surface area contributed by atoms with Gasteiger partial charge < -0.3 is 4.90 Å². The Labute approximate surface area is 152 Å². The van der Waals surface area contributed by atoms with Gasteiger partial charge in [0.2, 0.25) is 5.82 Å². The van der Waals surface area contributed by atoms with Crippen molar-refractivity contribution in [1.82, 2.24) is 14.9 Å². The van der Waals surface area contributed by atoms with Gasteiger partial charge in [-0.3, -0.25) is 4.79 Å². The van der Waals surface area contributed by atoms with Crippen LogP contribution in [0.2, 0.25) is 5.02 Å². The maximum absolute atomic E-state index is 12.8. The van der Waals surface area contributed by atoms with Gasteiger partial charge in [-0.1, -0.05) is 48.9 Å². The zero-order chi connectivity index (χ0) is 18.0. The lowest BCUT2D eigenvalue weighted by Crippen LogP contribution is -2.35. The maximum Gasteiger partial charge on any atom is 0.291 e. The zero-order valence-corrected chi connectivity index (χ0v) is 15.3. The van der Waals surface area contributed by atoms with Crippen molar-refractivity contribution in [3.8, 4) is 11.3 Å². The van der Waals surface area contributed by atoms with Crippen LogP contribution in [0.4, 0.5) is 0 Å². The molecule has 1 atom stereocenters. The van der Waals surface area contributed by atoms with Crippen LogP contribution in [0.5, 0.6) is 0 Å². The number of hydrogen-bond donors (Lipinski definition) is 0. The number of nitrogens with zero attached hydrogens (tertiary/aromatic N) is 3. The monoisotopic (exact) mass is 353 g/mol. The molecule has 0 N–H and O–H groups in total. The summed E-state index contributed by atoms with van der Waals surface area (Å²) < 4.78 is 0. The summed E-state index contributed by atoms with van der Waals surface area (Å²) in [4.78, 5) is 23.6. The number of aromatic nitrogens is 2. The van der Waals surface area contributed by atoms with Crippen LogP contribution in [0.25, 0.3) is 22.2 Å². The van der Waals surface area contributed by atoms with Crippen LogP contribution in [0.15, 0.2) is 48.5 Å². The molecule has 0 aliphatic heterocycles. The molecule has 25 heavy (non-hydrogen) atoms. The van der Waals surface area contributed by atoms with Gasteiger partial charge in [0.1, 0.15) is 0 Å². The van der Waals surface area contributed by atoms with Gasteiger partial charge in [-0.25, -0.2) is 9.97 Å². The minimum absolute atomic E-state index is 0.126. The van der Waals surface area contributed by atoms with E-state index in [1.54, 1.807) is 11.9 Å². The summed E-state index contributed by atoms with van der Waals surface area (Å²) in [6, 6.07) is 15.3. The molecule has 3 aromatic rings. The molecule has 1 heterocycles. The van der Waals surface area contributed by atoms with Crippen LogP contribution in [0.1, 0.15) is 30.9 Å². The summed E-state index contributed by atoms with van der Waals surface area (Å²) in [6.07, 6.45) is 0.875. The Morgan fingerprint density at radius 2 is 1.80 bits per heavy atom. The fourth-order valence-corrected chi connectivity index (χ4v) is 2.76. The lowest BCUT2D eigenvalue weighted by Gasteiger charge is -2.23. The van der Waals surface area contributed by atoms with Crippen LogP contribution in [-0.4, -0.2) is 33.9 Å². The number of fused-ring (bicyclic) bond motifs is 1. The number of halogens is 1. The minimum Gasteiger partial charge on any atom is -0.336 e. The minimum atomic E-state index is -0.171. The fourth-order valence-electron chi connectivity index (χ4n) is 2.63. The van der Waals surface area contributed by atoms with Gasteiger partial charge in [-0.05, 0) is 31.5 Å². The Morgan fingerprint density at radius 3 is 2.48 bits per heavy atom. The van der Waals surface area contributed by atoms with Crippen LogP contribution in [-0.2, 0) is 0 Å². The molecular formula is C20H20ClN3O. The van der Waals surface area contributed by atoms with E-state index in [4.69, 9.17) is 11.6 Å². The van der Waals surface area contributed by atoms with Crippen molar-refractivity contribution < 1.29 is 4.79 Å². The van der Waals surface area contributed by atoms with Crippen molar-refractivity contribution in [2.24, 2.45) is 0 Å². The standard InChI is InChI=1S/C20H20ClN3O/c1-4-13(2)24(3)20(25)19-22-17-8-6-5-7-16(17)18(23-19)14-9-11-15(21)12-10-14/h5-13H,4H2,1-3H3/t13-/m1/s1. The molecule has 0 bridgehead atoms. The van der Waals surface area contributed by atoms with Crippen molar-refractivity contribution in [1.29, 1.82) is 0 Å². The van der Waals surface area contributed by atoms with Crippen LogP contribution < -0.4 is 0 Å². The molecule has 0 unspecified atom stereocenters. The normalized spacial score (nSPS) is 12.2. The quantitative estimate of drug-likeness (QED) is 0.675. The first-order valence-electron chi connectivity index (χ1n) is 8.31. The second kappa shape index (κ2) is 7.19. The molecule has 0 radical (unpaired) electrons. The summed E-state index contributed by atoms with van der Waals surface area (Å²) >= 11 is 6.00. The maximum atomic E-state index is 12.8. The molecule has 2 aromatic carbocycles. The van der Waals surface area contributed by atoms with Gasteiger partial charge in [-0.15, -0.1) is 0 Å². The summed E-state index contributed by atoms with van der Waals surface area (Å²) in [7, 11) is 1.79. The fraction of sp³-hybridized carbons (Fsp3) is 0.250. The molecule has 0 saturated carbocycles. The Kier molecular flexibility index (Phi) is 5.00. The molecule has 0 aliphatic carbocycles. The van der Waals surface area contributed by atoms with Gasteiger partial charge >= 0.3 is 0 Å². The van der Waals surface area contributed by atoms with Crippen molar-refractivity contribution >= 4 is 28.4 Å². The van der Waals surface area contributed by atoms with Crippen molar-refractivity contribution in [3.63, 3.8) is 0 Å². The van der Waals surface area contributed by atoms with E-state index in [2.05, 4.69) is 16.9 Å². The number of hydrogen-bond acceptors (Lipinski definition) is 3. The first-order chi connectivity index (χ1) is 12.0. The van der Waals surface area contributed by atoms with E-state index in [1.807, 2.05) is 55.5 Å². The topological polar surface area (TPSA) is 46.1 Å². The lowest BCUT2D eigenvalue weighted by atomic mass is 10.1. The third kappa shape index (κ3) is 3.49. The van der Waals surface area contributed by atoms with E-state index in [-0.39, 0.29) is 17.8 Å². The molecule has 1 amide bonds. The Hall–Kier alpha value is -2.46. The molecule has 1 aromatic heterocycles. The van der Waals surface area contributed by atoms with Crippen LogP contribution in [0.3, 0.4) is 0 Å². The van der Waals surface area contributed by atoms with E-state index in [9.17, 15) is 4.79 Å². The van der Waals surface area contributed by atoms with E-state index in [1.165, 1.54) is 0 Å². The highest BCUT2D eigenvalue weighted by molar-refractivity contribution is 6.30. The Balaban J connectivity index is 2.16. The van der Waals surface area contributed by atoms with E-state index >= 15 is 0 Å². The molecule has 5 heteroatoms. The number of para-hydroxylation sites is 1. The van der Waals surface area contributed by atoms with E-state index in [0.29, 0.717) is 5.02 Å². The average Bonchev–Trinajstić information content (AvgIpc) is 2.66. The summed E-state index contributed by atoms with van der Waals surface area (Å²) in [5.74, 6) is 0.0433. The highest BCUT2D eigenvalue weighted by atomic mass is 35.5. The first kappa shape index (κ1) is 17.4. The van der Waals surface area contributed by atoms with Crippen LogP contribution >= 0.6 is 11.6 Å². The predicted octanol–water partition coefficient (Wildman–Crippen LogP) is 4.82. The SMILES string of the molecule is CC[C@@H](C)N(C)C(=O)c1nc(-c2ccc(Cl)cc2)c2ccccc2n1. The molecule has 0 spiro atoms. The molecule has 0 aliphatic rings. The summed E-state index contributed by atoms with van der Waals surface area (Å²) in [5, 5.41) is 1.57. The molecule has 128 valence electrons. The van der Waals surface area contributed by atoms with Gasteiger partial charge in [-0.2, -0.15) is 0 Å². The van der Waals surface area contributed by atoms with Crippen LogP contribution in [0, 0.1) is 0 Å². The Morgan fingerprint density at radius 1 is 1.12 bits per heavy atom. The smallest absolute Gasteiger partial charge is 0.291 e. The number of amides is 1. The number of rotatable bonds is 4. The van der Waals surface area contributed by atoms with Gasteiger partial charge in [0.05, 0.1) is 11.2 Å². The van der Waals surface area contributed by atoms with E-state index < -0.39 is 0 Å². The van der Waals surface area contributed by atoms with Crippen molar-refractivity contribution in [2.75, 3.05) is 7.05 Å². The third-order valence-electron chi connectivity index (χ3n) is 4.48. The average molecular weight is 354 g/mol. The highest BCUT2D eigenvalue weighted by Crippen LogP contribution is 2.27. The second-order valence-electron chi connectivity index (χ2n) is 6.09. The largest absolute Gasteiger partial charge is 0.336 e. The van der Waals surface area contributed by atoms with Crippen molar-refractivity contribution in [2.45, 2.75) is 26.3 Å². The molecule has 0 saturated heterocycles. The number of carbonyl (C=O) groups is 1. The summed E-state index contributed by atoms with van der Waals surface area (Å²) in [5.41, 5.74) is 2.40.